The molecule has 0 amide bonds. The number of methoxy groups -OCH3 is 1. The van der Waals surface area contributed by atoms with E-state index in [4.69, 9.17) is 14.5 Å². The summed E-state index contributed by atoms with van der Waals surface area (Å²) in [7, 11) is 1.60. The highest BCUT2D eigenvalue weighted by atomic mass is 16.5. The number of hydrogen-bond donors (Lipinski definition) is 0. The fourth-order valence-corrected chi connectivity index (χ4v) is 2.07. The molecule has 0 radical (unpaired) electrons. The third-order valence-corrected chi connectivity index (χ3v) is 3.00. The third kappa shape index (κ3) is 2.85. The van der Waals surface area contributed by atoms with Crippen molar-refractivity contribution >= 4 is 0 Å². The number of aromatic nitrogens is 3. The molecule has 6 nitrogen and oxygen atoms in total. The molecule has 108 valence electrons. The Morgan fingerprint density at radius 1 is 1.27 bits per heavy atom. The molecule has 0 atom stereocenters. The Kier molecular flexibility index (Phi) is 3.90. The van der Waals surface area contributed by atoms with E-state index in [1.54, 1.807) is 31.5 Å². The zero-order chi connectivity index (χ0) is 15.4. The quantitative estimate of drug-likeness (QED) is 0.735. The fraction of sp³-hybridized carbons (Fsp3) is 0.125. The van der Waals surface area contributed by atoms with Crippen LogP contribution in [-0.4, -0.2) is 22.2 Å². The maximum Gasteiger partial charge on any atom is 0.258 e. The largest absolute Gasteiger partial charge is 0.380 e. The lowest BCUT2D eigenvalue weighted by Crippen LogP contribution is -1.91. The first kappa shape index (κ1) is 13.9. The molecule has 2 heterocycles. The van der Waals surface area contributed by atoms with E-state index in [0.29, 0.717) is 35.1 Å². The monoisotopic (exact) mass is 292 g/mol. The van der Waals surface area contributed by atoms with Crippen LogP contribution in [0.2, 0.25) is 0 Å². The lowest BCUT2D eigenvalue weighted by molar-refractivity contribution is 0.185. The van der Waals surface area contributed by atoms with E-state index in [9.17, 15) is 0 Å². The SMILES string of the molecule is COCc1cc(C#N)cc(-c2nc(-c3ccccn3)no2)c1. The summed E-state index contributed by atoms with van der Waals surface area (Å²) in [5.74, 6) is 0.751. The average molecular weight is 292 g/mol. The highest BCUT2D eigenvalue weighted by Crippen LogP contribution is 2.23. The van der Waals surface area contributed by atoms with Crippen LogP contribution in [0.4, 0.5) is 0 Å². The van der Waals surface area contributed by atoms with Crippen LogP contribution in [-0.2, 0) is 11.3 Å². The van der Waals surface area contributed by atoms with E-state index in [0.717, 1.165) is 5.56 Å². The highest BCUT2D eigenvalue weighted by Gasteiger charge is 2.13. The first-order valence-electron chi connectivity index (χ1n) is 6.58. The van der Waals surface area contributed by atoms with Crippen LogP contribution in [0.1, 0.15) is 11.1 Å². The predicted molar refractivity (Wildman–Crippen MR) is 78.4 cm³/mol. The van der Waals surface area contributed by atoms with Crippen LogP contribution in [0.3, 0.4) is 0 Å². The second kappa shape index (κ2) is 6.16. The summed E-state index contributed by atoms with van der Waals surface area (Å²) < 4.78 is 10.4. The van der Waals surface area contributed by atoms with Crippen molar-refractivity contribution < 1.29 is 9.26 Å². The summed E-state index contributed by atoms with van der Waals surface area (Å²) in [6.45, 7) is 0.407. The number of rotatable bonds is 4. The Hall–Kier alpha value is -3.04. The molecular formula is C16H12N4O2. The smallest absolute Gasteiger partial charge is 0.258 e. The maximum absolute atomic E-state index is 9.12. The van der Waals surface area contributed by atoms with Crippen molar-refractivity contribution in [1.29, 1.82) is 5.26 Å². The zero-order valence-electron chi connectivity index (χ0n) is 11.9. The normalized spacial score (nSPS) is 10.4. The van der Waals surface area contributed by atoms with Crippen molar-refractivity contribution in [3.05, 3.63) is 53.7 Å². The van der Waals surface area contributed by atoms with Crippen molar-refractivity contribution in [3.63, 3.8) is 0 Å². The van der Waals surface area contributed by atoms with E-state index < -0.39 is 0 Å². The molecule has 0 spiro atoms. The van der Waals surface area contributed by atoms with Gasteiger partial charge in [0.05, 0.1) is 18.2 Å². The van der Waals surface area contributed by atoms with E-state index in [-0.39, 0.29) is 0 Å². The van der Waals surface area contributed by atoms with Gasteiger partial charge in [0.25, 0.3) is 5.89 Å². The van der Waals surface area contributed by atoms with E-state index in [1.807, 2.05) is 18.2 Å². The molecule has 0 bridgehead atoms. The molecule has 0 saturated carbocycles. The summed E-state index contributed by atoms with van der Waals surface area (Å²) in [5.41, 5.74) is 2.70. The van der Waals surface area contributed by atoms with Crippen molar-refractivity contribution in [2.24, 2.45) is 0 Å². The number of nitrogens with zero attached hydrogens (tertiary/aromatic N) is 4. The second-order valence-electron chi connectivity index (χ2n) is 4.60. The number of benzene rings is 1. The molecule has 0 aliphatic carbocycles. The molecule has 3 rings (SSSR count). The number of hydrogen-bond acceptors (Lipinski definition) is 6. The molecule has 0 saturated heterocycles. The van der Waals surface area contributed by atoms with Gasteiger partial charge in [-0.15, -0.1) is 0 Å². The minimum Gasteiger partial charge on any atom is -0.380 e. The summed E-state index contributed by atoms with van der Waals surface area (Å²) in [6, 6.07) is 12.9. The molecule has 0 unspecified atom stereocenters. The van der Waals surface area contributed by atoms with Crippen LogP contribution in [0.5, 0.6) is 0 Å². The Labute approximate surface area is 127 Å². The molecule has 0 aliphatic rings. The zero-order valence-corrected chi connectivity index (χ0v) is 11.9. The van der Waals surface area contributed by atoms with Gasteiger partial charge in [-0.1, -0.05) is 11.2 Å². The maximum atomic E-state index is 9.12. The van der Waals surface area contributed by atoms with Gasteiger partial charge in [-0.05, 0) is 35.9 Å². The molecule has 0 N–H and O–H groups in total. The molecule has 3 aromatic rings. The van der Waals surface area contributed by atoms with Gasteiger partial charge in [-0.3, -0.25) is 4.98 Å². The average Bonchev–Trinajstić information content (AvgIpc) is 3.06. The topological polar surface area (TPSA) is 84.8 Å². The Morgan fingerprint density at radius 3 is 2.91 bits per heavy atom. The van der Waals surface area contributed by atoms with Crippen LogP contribution in [0.15, 0.2) is 47.1 Å². The summed E-state index contributed by atoms with van der Waals surface area (Å²) in [6.07, 6.45) is 1.67. The van der Waals surface area contributed by atoms with E-state index in [2.05, 4.69) is 21.2 Å². The van der Waals surface area contributed by atoms with Gasteiger partial charge in [0.2, 0.25) is 5.82 Å². The molecule has 1 aromatic carbocycles. The van der Waals surface area contributed by atoms with Crippen molar-refractivity contribution in [2.75, 3.05) is 7.11 Å². The van der Waals surface area contributed by atoms with Gasteiger partial charge in [0.1, 0.15) is 5.69 Å². The summed E-state index contributed by atoms with van der Waals surface area (Å²) in [4.78, 5) is 8.52. The van der Waals surface area contributed by atoms with Crippen molar-refractivity contribution in [1.82, 2.24) is 15.1 Å². The first-order chi connectivity index (χ1) is 10.8. The van der Waals surface area contributed by atoms with Gasteiger partial charge >= 0.3 is 0 Å². The number of pyridine rings is 1. The number of ether oxygens (including phenoxy) is 1. The number of nitriles is 1. The van der Waals surface area contributed by atoms with Crippen LogP contribution >= 0.6 is 0 Å². The Balaban J connectivity index is 2.00. The fourth-order valence-electron chi connectivity index (χ4n) is 2.07. The summed E-state index contributed by atoms with van der Waals surface area (Å²) in [5, 5.41) is 13.0. The van der Waals surface area contributed by atoms with E-state index in [1.165, 1.54) is 0 Å². The third-order valence-electron chi connectivity index (χ3n) is 3.00. The molecule has 6 heteroatoms. The van der Waals surface area contributed by atoms with Gasteiger partial charge < -0.3 is 9.26 Å². The molecule has 22 heavy (non-hydrogen) atoms. The van der Waals surface area contributed by atoms with Gasteiger partial charge in [-0.2, -0.15) is 10.2 Å². The standard InChI is InChI=1S/C16H12N4O2/c1-21-10-12-6-11(9-17)7-13(8-12)16-19-15(20-22-16)14-4-2-3-5-18-14/h2-8H,10H2,1H3. The Bertz CT molecular complexity index is 822. The summed E-state index contributed by atoms with van der Waals surface area (Å²) >= 11 is 0. The predicted octanol–water partition coefficient (Wildman–Crippen LogP) is 2.82. The minimum atomic E-state index is 0.343. The van der Waals surface area contributed by atoms with Crippen LogP contribution in [0, 0.1) is 11.3 Å². The highest BCUT2D eigenvalue weighted by molar-refractivity contribution is 5.60. The molecule has 2 aromatic heterocycles. The van der Waals surface area contributed by atoms with Crippen LogP contribution in [0.25, 0.3) is 23.0 Å². The van der Waals surface area contributed by atoms with Crippen molar-refractivity contribution in [2.45, 2.75) is 6.61 Å². The molecule has 0 aliphatic heterocycles. The van der Waals surface area contributed by atoms with E-state index >= 15 is 0 Å². The van der Waals surface area contributed by atoms with Crippen molar-refractivity contribution in [3.8, 4) is 29.0 Å². The van der Waals surface area contributed by atoms with Gasteiger partial charge in [-0.25, -0.2) is 0 Å². The second-order valence-corrected chi connectivity index (χ2v) is 4.60. The lowest BCUT2D eigenvalue weighted by Gasteiger charge is -2.02. The first-order valence-corrected chi connectivity index (χ1v) is 6.58. The Morgan fingerprint density at radius 2 is 2.18 bits per heavy atom. The van der Waals surface area contributed by atoms with Crippen LogP contribution < -0.4 is 0 Å². The molecule has 0 fully saturated rings. The molecular weight excluding hydrogens is 280 g/mol. The van der Waals surface area contributed by atoms with Gasteiger partial charge in [0, 0.05) is 18.9 Å². The minimum absolute atomic E-state index is 0.343. The van der Waals surface area contributed by atoms with Gasteiger partial charge in [0.15, 0.2) is 0 Å². The lowest BCUT2D eigenvalue weighted by atomic mass is 10.1.